The molecular formula is C14H23N3O4S. The standard InChI is InChI=1S/C14H23N3O4S/c1-5-12-13(10(2)21-15-12)14(18)17-8-6-11(7-9-17)16(3)22(4,19)20/h11H,5-9H2,1-4H3. The van der Waals surface area contributed by atoms with Crippen molar-refractivity contribution in [2.24, 2.45) is 0 Å². The molecule has 124 valence electrons. The molecular weight excluding hydrogens is 306 g/mol. The average molecular weight is 329 g/mol. The Morgan fingerprint density at radius 1 is 1.41 bits per heavy atom. The fourth-order valence-corrected chi connectivity index (χ4v) is 3.55. The number of carbonyl (C=O) groups is 1. The monoisotopic (exact) mass is 329 g/mol. The topological polar surface area (TPSA) is 83.7 Å². The Balaban J connectivity index is 2.06. The number of hydrogen-bond donors (Lipinski definition) is 0. The molecule has 0 aromatic carbocycles. The van der Waals surface area contributed by atoms with Crippen LogP contribution >= 0.6 is 0 Å². The predicted octanol–water partition coefficient (Wildman–Crippen LogP) is 1.04. The lowest BCUT2D eigenvalue weighted by Gasteiger charge is -2.35. The van der Waals surface area contributed by atoms with Crippen LogP contribution in [0.3, 0.4) is 0 Å². The zero-order valence-electron chi connectivity index (χ0n) is 13.5. The molecule has 0 N–H and O–H groups in total. The van der Waals surface area contributed by atoms with Gasteiger partial charge in [0.25, 0.3) is 5.91 Å². The lowest BCUT2D eigenvalue weighted by Crippen LogP contribution is -2.47. The maximum atomic E-state index is 12.6. The van der Waals surface area contributed by atoms with E-state index in [4.69, 9.17) is 4.52 Å². The van der Waals surface area contributed by atoms with E-state index in [1.165, 1.54) is 10.6 Å². The molecule has 8 heteroatoms. The van der Waals surface area contributed by atoms with E-state index < -0.39 is 10.0 Å². The molecule has 1 aromatic heterocycles. The van der Waals surface area contributed by atoms with Crippen molar-refractivity contribution in [2.45, 2.75) is 39.2 Å². The Kier molecular flexibility index (Phi) is 4.91. The summed E-state index contributed by atoms with van der Waals surface area (Å²) in [6.45, 7) is 4.75. The highest BCUT2D eigenvalue weighted by atomic mass is 32.2. The van der Waals surface area contributed by atoms with E-state index in [2.05, 4.69) is 5.16 Å². The van der Waals surface area contributed by atoms with Crippen molar-refractivity contribution in [3.8, 4) is 0 Å². The molecule has 1 fully saturated rings. The first-order valence-corrected chi connectivity index (χ1v) is 9.28. The van der Waals surface area contributed by atoms with Crippen molar-refractivity contribution in [3.63, 3.8) is 0 Å². The van der Waals surface area contributed by atoms with Gasteiger partial charge in [0.2, 0.25) is 10.0 Å². The number of rotatable bonds is 4. The van der Waals surface area contributed by atoms with Crippen LogP contribution in [-0.2, 0) is 16.4 Å². The van der Waals surface area contributed by atoms with Gasteiger partial charge in [0.05, 0.1) is 11.9 Å². The SMILES string of the molecule is CCc1noc(C)c1C(=O)N1CCC(N(C)S(C)(=O)=O)CC1. The van der Waals surface area contributed by atoms with Crippen molar-refractivity contribution in [2.75, 3.05) is 26.4 Å². The predicted molar refractivity (Wildman–Crippen MR) is 82.2 cm³/mol. The van der Waals surface area contributed by atoms with Gasteiger partial charge in [-0.05, 0) is 26.2 Å². The highest BCUT2D eigenvalue weighted by Crippen LogP contribution is 2.22. The molecule has 0 atom stereocenters. The van der Waals surface area contributed by atoms with Gasteiger partial charge in [-0.15, -0.1) is 0 Å². The van der Waals surface area contributed by atoms with Crippen molar-refractivity contribution >= 4 is 15.9 Å². The van der Waals surface area contributed by atoms with Crippen LogP contribution in [0.4, 0.5) is 0 Å². The molecule has 0 spiro atoms. The molecule has 7 nitrogen and oxygen atoms in total. The van der Waals surface area contributed by atoms with Crippen molar-refractivity contribution < 1.29 is 17.7 Å². The van der Waals surface area contributed by atoms with Crippen molar-refractivity contribution in [1.82, 2.24) is 14.4 Å². The van der Waals surface area contributed by atoms with Crippen LogP contribution in [0.25, 0.3) is 0 Å². The van der Waals surface area contributed by atoms with Crippen molar-refractivity contribution in [1.29, 1.82) is 0 Å². The van der Waals surface area contributed by atoms with Crippen LogP contribution in [0.2, 0.25) is 0 Å². The Bertz CT molecular complexity index is 645. The number of hydrogen-bond acceptors (Lipinski definition) is 5. The van der Waals surface area contributed by atoms with Crippen molar-refractivity contribution in [3.05, 3.63) is 17.0 Å². The molecule has 1 aliphatic heterocycles. The minimum atomic E-state index is -3.20. The van der Waals surface area contributed by atoms with Gasteiger partial charge < -0.3 is 9.42 Å². The summed E-state index contributed by atoms with van der Waals surface area (Å²) in [7, 11) is -1.60. The molecule has 0 saturated carbocycles. The second kappa shape index (κ2) is 6.37. The number of sulfonamides is 1. The van der Waals surface area contributed by atoms with E-state index in [-0.39, 0.29) is 11.9 Å². The smallest absolute Gasteiger partial charge is 0.259 e. The molecule has 2 rings (SSSR count). The van der Waals surface area contributed by atoms with Gasteiger partial charge in [-0.1, -0.05) is 12.1 Å². The van der Waals surface area contributed by atoms with E-state index in [9.17, 15) is 13.2 Å². The largest absolute Gasteiger partial charge is 0.361 e. The summed E-state index contributed by atoms with van der Waals surface area (Å²) >= 11 is 0. The van der Waals surface area contributed by atoms with E-state index in [0.717, 1.165) is 0 Å². The second-order valence-corrected chi connectivity index (χ2v) is 7.76. The number of piperidine rings is 1. The third kappa shape index (κ3) is 3.33. The maximum Gasteiger partial charge on any atom is 0.259 e. The van der Waals surface area contributed by atoms with Gasteiger partial charge in [-0.2, -0.15) is 0 Å². The summed E-state index contributed by atoms with van der Waals surface area (Å²) in [4.78, 5) is 14.4. The number of nitrogens with zero attached hydrogens (tertiary/aromatic N) is 3. The van der Waals surface area contributed by atoms with Crippen LogP contribution in [0.1, 0.15) is 41.6 Å². The quantitative estimate of drug-likeness (QED) is 0.824. The first-order valence-electron chi connectivity index (χ1n) is 7.43. The van der Waals surface area contributed by atoms with Crippen LogP contribution in [0.5, 0.6) is 0 Å². The molecule has 22 heavy (non-hydrogen) atoms. The van der Waals surface area contributed by atoms with Crippen LogP contribution in [-0.4, -0.2) is 61.1 Å². The number of carbonyl (C=O) groups excluding carboxylic acids is 1. The van der Waals surface area contributed by atoms with E-state index in [0.29, 0.717) is 49.4 Å². The van der Waals surface area contributed by atoms with E-state index in [1.807, 2.05) is 6.92 Å². The first-order chi connectivity index (χ1) is 10.3. The molecule has 1 saturated heterocycles. The van der Waals surface area contributed by atoms with Gasteiger partial charge in [0, 0.05) is 26.2 Å². The van der Waals surface area contributed by atoms with Crippen LogP contribution in [0.15, 0.2) is 4.52 Å². The molecule has 1 amide bonds. The normalized spacial score (nSPS) is 17.2. The zero-order chi connectivity index (χ0) is 16.5. The zero-order valence-corrected chi connectivity index (χ0v) is 14.3. The first kappa shape index (κ1) is 17.0. The van der Waals surface area contributed by atoms with Gasteiger partial charge in [-0.25, -0.2) is 12.7 Å². The minimum absolute atomic E-state index is 0.0479. The third-order valence-electron chi connectivity index (χ3n) is 4.27. The highest BCUT2D eigenvalue weighted by Gasteiger charge is 2.31. The number of aromatic nitrogens is 1. The summed E-state index contributed by atoms with van der Waals surface area (Å²) in [5.74, 6) is 0.466. The molecule has 0 aliphatic carbocycles. The van der Waals surface area contributed by atoms with E-state index in [1.54, 1.807) is 18.9 Å². The number of amides is 1. The lowest BCUT2D eigenvalue weighted by atomic mass is 10.0. The maximum absolute atomic E-state index is 12.6. The summed E-state index contributed by atoms with van der Waals surface area (Å²) in [5, 5.41) is 3.92. The minimum Gasteiger partial charge on any atom is -0.361 e. The molecule has 1 aliphatic rings. The molecule has 0 bridgehead atoms. The number of likely N-dealkylation sites (tertiary alicyclic amines) is 1. The van der Waals surface area contributed by atoms with Crippen LogP contribution < -0.4 is 0 Å². The number of aryl methyl sites for hydroxylation is 2. The summed E-state index contributed by atoms with van der Waals surface area (Å²) < 4.78 is 29.7. The molecule has 2 heterocycles. The van der Waals surface area contributed by atoms with Gasteiger partial charge in [0.15, 0.2) is 0 Å². The van der Waals surface area contributed by atoms with Crippen LogP contribution in [0, 0.1) is 6.92 Å². The average Bonchev–Trinajstić information content (AvgIpc) is 2.86. The Morgan fingerprint density at radius 3 is 2.50 bits per heavy atom. The van der Waals surface area contributed by atoms with E-state index >= 15 is 0 Å². The second-order valence-electron chi connectivity index (χ2n) is 5.72. The summed E-state index contributed by atoms with van der Waals surface area (Å²) in [6.07, 6.45) is 3.13. The van der Waals surface area contributed by atoms with Gasteiger partial charge in [0.1, 0.15) is 11.3 Å². The lowest BCUT2D eigenvalue weighted by molar-refractivity contribution is 0.0683. The van der Waals surface area contributed by atoms with Gasteiger partial charge >= 0.3 is 0 Å². The molecule has 0 radical (unpaired) electrons. The fourth-order valence-electron chi connectivity index (χ4n) is 2.79. The Hall–Kier alpha value is -1.41. The summed E-state index contributed by atoms with van der Waals surface area (Å²) in [6, 6.07) is -0.0479. The highest BCUT2D eigenvalue weighted by molar-refractivity contribution is 7.88. The Morgan fingerprint density at radius 2 is 2.00 bits per heavy atom. The molecule has 1 aromatic rings. The molecule has 0 unspecified atom stereocenters. The fraction of sp³-hybridized carbons (Fsp3) is 0.714. The third-order valence-corrected chi connectivity index (χ3v) is 5.62. The Labute approximate surface area is 131 Å². The van der Waals surface area contributed by atoms with Gasteiger partial charge in [-0.3, -0.25) is 4.79 Å². The summed E-state index contributed by atoms with van der Waals surface area (Å²) in [5.41, 5.74) is 1.23.